The minimum Gasteiger partial charge on any atom is -0.478 e. The van der Waals surface area contributed by atoms with Gasteiger partial charge in [0.1, 0.15) is 5.54 Å². The summed E-state index contributed by atoms with van der Waals surface area (Å²) < 4.78 is 0. The Morgan fingerprint density at radius 3 is 2.78 bits per heavy atom. The summed E-state index contributed by atoms with van der Waals surface area (Å²) in [6, 6.07) is 6.45. The molecule has 0 aromatic heterocycles. The predicted molar refractivity (Wildman–Crippen MR) is 104 cm³/mol. The van der Waals surface area contributed by atoms with Crippen LogP contribution in [0.25, 0.3) is 0 Å². The molecule has 1 aromatic carbocycles. The maximum absolute atomic E-state index is 12.6. The molecule has 3 atom stereocenters. The highest BCUT2D eigenvalue weighted by Gasteiger charge is 2.43. The highest BCUT2D eigenvalue weighted by atomic mass is 16.4. The summed E-state index contributed by atoms with van der Waals surface area (Å²) in [5.74, 6) is -0.00586. The average molecular weight is 374 g/mol. The van der Waals surface area contributed by atoms with Gasteiger partial charge in [0, 0.05) is 12.2 Å². The van der Waals surface area contributed by atoms with Crippen molar-refractivity contribution in [2.45, 2.75) is 63.5 Å². The number of fused-ring (bicyclic) bond motifs is 2. The van der Waals surface area contributed by atoms with Crippen molar-refractivity contribution in [1.82, 2.24) is 5.32 Å². The molecular formula is C21H30N2O4. The van der Waals surface area contributed by atoms with Gasteiger partial charge in [-0.05, 0) is 82.4 Å². The van der Waals surface area contributed by atoms with Crippen LogP contribution in [0.2, 0.25) is 0 Å². The van der Waals surface area contributed by atoms with E-state index < -0.39 is 17.1 Å². The highest BCUT2D eigenvalue weighted by molar-refractivity contribution is 5.91. The molecule has 2 aliphatic carbocycles. The van der Waals surface area contributed by atoms with E-state index in [0.717, 1.165) is 38.5 Å². The fourth-order valence-electron chi connectivity index (χ4n) is 4.67. The Morgan fingerprint density at radius 2 is 2.07 bits per heavy atom. The molecule has 2 aliphatic rings. The van der Waals surface area contributed by atoms with Crippen molar-refractivity contribution in [3.8, 4) is 0 Å². The Balaban J connectivity index is 1.49. The van der Waals surface area contributed by atoms with Gasteiger partial charge in [-0.1, -0.05) is 6.07 Å². The van der Waals surface area contributed by atoms with Crippen LogP contribution in [0.3, 0.4) is 0 Å². The van der Waals surface area contributed by atoms with Gasteiger partial charge in [0.05, 0.1) is 11.2 Å². The molecule has 0 heterocycles. The SMILES string of the molecule is CC(C)(Nc1cccc(C(=O)O)c1)C(=O)NCCC1C[C@@H]2CC[C@@](O)(C1)C2. The lowest BCUT2D eigenvalue weighted by molar-refractivity contribution is -0.124. The number of carbonyl (C=O) groups excluding carboxylic acids is 1. The summed E-state index contributed by atoms with van der Waals surface area (Å²) in [6.45, 7) is 4.14. The number of carboxylic acid groups (broad SMARTS) is 1. The normalized spacial score (nSPS) is 27.2. The first-order valence-corrected chi connectivity index (χ1v) is 9.79. The van der Waals surface area contributed by atoms with E-state index in [9.17, 15) is 14.7 Å². The van der Waals surface area contributed by atoms with Gasteiger partial charge in [0.2, 0.25) is 5.91 Å². The smallest absolute Gasteiger partial charge is 0.335 e. The van der Waals surface area contributed by atoms with Crippen LogP contribution in [0.5, 0.6) is 0 Å². The summed E-state index contributed by atoms with van der Waals surface area (Å²) in [7, 11) is 0. The molecule has 148 valence electrons. The van der Waals surface area contributed by atoms with E-state index in [4.69, 9.17) is 5.11 Å². The molecule has 0 spiro atoms. The molecule has 2 fully saturated rings. The van der Waals surface area contributed by atoms with Gasteiger partial charge in [0.15, 0.2) is 0 Å². The van der Waals surface area contributed by atoms with Crippen LogP contribution >= 0.6 is 0 Å². The molecule has 2 bridgehead atoms. The third-order valence-electron chi connectivity index (χ3n) is 5.99. The average Bonchev–Trinajstić information content (AvgIpc) is 2.87. The molecular weight excluding hydrogens is 344 g/mol. The number of amides is 1. The van der Waals surface area contributed by atoms with Crippen molar-refractivity contribution < 1.29 is 19.8 Å². The third-order valence-corrected chi connectivity index (χ3v) is 5.99. The summed E-state index contributed by atoms with van der Waals surface area (Å²) in [5.41, 5.74) is -0.545. The second kappa shape index (κ2) is 7.50. The van der Waals surface area contributed by atoms with Crippen molar-refractivity contribution in [2.24, 2.45) is 11.8 Å². The second-order valence-corrected chi connectivity index (χ2v) is 8.82. The van der Waals surface area contributed by atoms with E-state index in [0.29, 0.717) is 24.1 Å². The number of aliphatic hydroxyl groups is 1. The third kappa shape index (κ3) is 4.80. The second-order valence-electron chi connectivity index (χ2n) is 8.82. The molecule has 1 unspecified atom stereocenters. The standard InChI is InChI=1S/C21H30N2O4/c1-20(2,23-17-5-3-4-16(11-17)18(24)25)19(26)22-9-7-15-10-14-6-8-21(27,12-14)13-15/h3-5,11,14-15,23,27H,6-10,12-13H2,1-2H3,(H,22,26)(H,24,25)/t14-,15?,21-/m0/s1. The Bertz CT molecular complexity index is 718. The van der Waals surface area contributed by atoms with Crippen LogP contribution in [-0.2, 0) is 4.79 Å². The Morgan fingerprint density at radius 1 is 1.30 bits per heavy atom. The zero-order valence-electron chi connectivity index (χ0n) is 16.1. The first-order valence-electron chi connectivity index (χ1n) is 9.79. The molecule has 0 radical (unpaired) electrons. The van der Waals surface area contributed by atoms with Crippen LogP contribution in [0.1, 0.15) is 62.7 Å². The van der Waals surface area contributed by atoms with Crippen molar-refractivity contribution in [1.29, 1.82) is 0 Å². The van der Waals surface area contributed by atoms with Crippen molar-refractivity contribution in [3.05, 3.63) is 29.8 Å². The first kappa shape index (κ1) is 19.7. The molecule has 4 N–H and O–H groups in total. The summed E-state index contributed by atoms with van der Waals surface area (Å²) in [5, 5.41) is 25.7. The molecule has 3 rings (SSSR count). The summed E-state index contributed by atoms with van der Waals surface area (Å²) in [6.07, 6.45) is 5.89. The lowest BCUT2D eigenvalue weighted by Crippen LogP contribution is -2.48. The topological polar surface area (TPSA) is 98.7 Å². The lowest BCUT2D eigenvalue weighted by Gasteiger charge is -2.34. The molecule has 6 nitrogen and oxygen atoms in total. The number of benzene rings is 1. The number of rotatable bonds is 7. The minimum absolute atomic E-state index is 0.124. The number of hydrogen-bond donors (Lipinski definition) is 4. The van der Waals surface area contributed by atoms with Gasteiger partial charge >= 0.3 is 5.97 Å². The largest absolute Gasteiger partial charge is 0.478 e. The predicted octanol–water partition coefficient (Wildman–Crippen LogP) is 3.02. The van der Waals surface area contributed by atoms with Crippen molar-refractivity contribution >= 4 is 17.6 Å². The molecule has 0 aliphatic heterocycles. The van der Waals surface area contributed by atoms with Gasteiger partial charge in [-0.2, -0.15) is 0 Å². The van der Waals surface area contributed by atoms with Crippen LogP contribution in [0, 0.1) is 11.8 Å². The van der Waals surface area contributed by atoms with E-state index in [2.05, 4.69) is 10.6 Å². The van der Waals surface area contributed by atoms with E-state index in [1.807, 2.05) is 0 Å². The number of nitrogens with one attached hydrogen (secondary N) is 2. The molecule has 0 saturated heterocycles. The maximum Gasteiger partial charge on any atom is 0.335 e. The van der Waals surface area contributed by atoms with Crippen LogP contribution < -0.4 is 10.6 Å². The Kier molecular flexibility index (Phi) is 5.47. The van der Waals surface area contributed by atoms with Crippen molar-refractivity contribution in [2.75, 3.05) is 11.9 Å². The van der Waals surface area contributed by atoms with Crippen molar-refractivity contribution in [3.63, 3.8) is 0 Å². The molecule has 6 heteroatoms. The lowest BCUT2D eigenvalue weighted by atomic mass is 9.77. The molecule has 2 saturated carbocycles. The van der Waals surface area contributed by atoms with Gasteiger partial charge in [-0.25, -0.2) is 4.79 Å². The zero-order chi connectivity index (χ0) is 19.7. The van der Waals surface area contributed by atoms with E-state index in [-0.39, 0.29) is 11.5 Å². The van der Waals surface area contributed by atoms with Crippen LogP contribution in [0.15, 0.2) is 24.3 Å². The Hall–Kier alpha value is -2.08. The van der Waals surface area contributed by atoms with Gasteiger partial charge < -0.3 is 20.8 Å². The van der Waals surface area contributed by atoms with Gasteiger partial charge in [0.25, 0.3) is 0 Å². The fraction of sp³-hybridized carbons (Fsp3) is 0.619. The van der Waals surface area contributed by atoms with Crippen LogP contribution in [0.4, 0.5) is 5.69 Å². The molecule has 1 amide bonds. The Labute approximate surface area is 160 Å². The summed E-state index contributed by atoms with van der Waals surface area (Å²) in [4.78, 5) is 23.7. The molecule has 1 aromatic rings. The minimum atomic E-state index is -0.996. The first-order chi connectivity index (χ1) is 12.7. The summed E-state index contributed by atoms with van der Waals surface area (Å²) >= 11 is 0. The number of aromatic carboxylic acids is 1. The monoisotopic (exact) mass is 374 g/mol. The fourth-order valence-corrected chi connectivity index (χ4v) is 4.67. The van der Waals surface area contributed by atoms with Gasteiger partial charge in [-0.3, -0.25) is 4.79 Å². The maximum atomic E-state index is 12.6. The number of carboxylic acids is 1. The van der Waals surface area contributed by atoms with Gasteiger partial charge in [-0.15, -0.1) is 0 Å². The van der Waals surface area contributed by atoms with E-state index >= 15 is 0 Å². The number of anilines is 1. The van der Waals surface area contributed by atoms with E-state index in [1.54, 1.807) is 26.0 Å². The number of carbonyl (C=O) groups is 2. The highest BCUT2D eigenvalue weighted by Crippen LogP contribution is 2.48. The quantitative estimate of drug-likeness (QED) is 0.588. The molecule has 27 heavy (non-hydrogen) atoms. The van der Waals surface area contributed by atoms with E-state index in [1.165, 1.54) is 12.1 Å². The number of hydrogen-bond acceptors (Lipinski definition) is 4. The van der Waals surface area contributed by atoms with Crippen LogP contribution in [-0.4, -0.2) is 39.8 Å². The zero-order valence-corrected chi connectivity index (χ0v) is 16.1.